The molecule has 0 radical (unpaired) electrons. The summed E-state index contributed by atoms with van der Waals surface area (Å²) < 4.78 is 6.14. The lowest BCUT2D eigenvalue weighted by atomic mass is 10.1. The lowest BCUT2D eigenvalue weighted by molar-refractivity contribution is 0.00446. The third-order valence-electron chi connectivity index (χ3n) is 5.69. The van der Waals surface area contributed by atoms with Crippen LogP contribution in [0.3, 0.4) is 0 Å². The van der Waals surface area contributed by atoms with Crippen LogP contribution < -0.4 is 10.2 Å². The van der Waals surface area contributed by atoms with Crippen molar-refractivity contribution < 1.29 is 20.1 Å². The van der Waals surface area contributed by atoms with Crippen molar-refractivity contribution in [3.8, 4) is 10.6 Å². The van der Waals surface area contributed by atoms with Crippen molar-refractivity contribution in [2.45, 2.75) is 24.7 Å². The van der Waals surface area contributed by atoms with Crippen LogP contribution in [0.1, 0.15) is 6.42 Å². The molecule has 4 atom stereocenters. The fourth-order valence-electron chi connectivity index (χ4n) is 3.82. The second kappa shape index (κ2) is 9.82. The zero-order valence-electron chi connectivity index (χ0n) is 17.8. The molecular weight excluding hydrogens is 454 g/mol. The third kappa shape index (κ3) is 4.52. The van der Waals surface area contributed by atoms with Gasteiger partial charge in [-0.05, 0) is 18.6 Å². The number of para-hydroxylation sites is 1. The number of nitrogens with one attached hydrogen (secondary N) is 1. The van der Waals surface area contributed by atoms with E-state index in [4.69, 9.17) is 21.3 Å². The first kappa shape index (κ1) is 23.1. The number of rotatable bonds is 8. The molecule has 0 spiro atoms. The van der Waals surface area contributed by atoms with Gasteiger partial charge in [0.1, 0.15) is 22.1 Å². The molecule has 11 heteroatoms. The van der Waals surface area contributed by atoms with Gasteiger partial charge < -0.3 is 30.3 Å². The van der Waals surface area contributed by atoms with Gasteiger partial charge in [-0.2, -0.15) is 4.98 Å². The van der Waals surface area contributed by atoms with E-state index in [1.807, 2.05) is 36.2 Å². The number of halogens is 1. The van der Waals surface area contributed by atoms with Gasteiger partial charge in [0.15, 0.2) is 0 Å². The predicted molar refractivity (Wildman–Crippen MR) is 125 cm³/mol. The summed E-state index contributed by atoms with van der Waals surface area (Å²) in [6, 6.07) is 7.25. The number of nitrogens with zero attached hydrogens (tertiary/aromatic N) is 4. The van der Waals surface area contributed by atoms with E-state index in [0.717, 1.165) is 10.2 Å². The van der Waals surface area contributed by atoms with Crippen LogP contribution in [0.25, 0.3) is 20.8 Å². The van der Waals surface area contributed by atoms with Crippen LogP contribution in [-0.4, -0.2) is 82.4 Å². The Labute approximate surface area is 194 Å². The Morgan fingerprint density at radius 3 is 2.69 bits per heavy atom. The van der Waals surface area contributed by atoms with Gasteiger partial charge in [0.2, 0.25) is 5.95 Å². The monoisotopic (exact) mass is 479 g/mol. The maximum absolute atomic E-state index is 10.5. The molecule has 1 aliphatic rings. The molecule has 1 aliphatic carbocycles. The minimum Gasteiger partial charge on any atom is -0.396 e. The molecule has 2 aromatic heterocycles. The Kier molecular flexibility index (Phi) is 7.08. The standard InChI is InChI=1S/C21H26ClN5O4S/c1-27(7-8-31-2)21-25-18(22)15(20-24-12-5-3-4-6-14(12)32-20)19(26-21)23-13-9-11(10-28)16(29)17(13)30/h3-6,11,13,16-17,28-30H,7-10H2,1-2H3,(H,23,25,26)/t11-,13-,16-,17+/m1/s1. The van der Waals surface area contributed by atoms with E-state index in [-0.39, 0.29) is 11.8 Å². The molecule has 0 saturated heterocycles. The zero-order valence-corrected chi connectivity index (χ0v) is 19.3. The highest BCUT2D eigenvalue weighted by atomic mass is 35.5. The molecule has 9 nitrogen and oxygen atoms in total. The van der Waals surface area contributed by atoms with E-state index in [9.17, 15) is 15.3 Å². The van der Waals surface area contributed by atoms with Crippen molar-refractivity contribution in [2.75, 3.05) is 44.1 Å². The third-order valence-corrected chi connectivity index (χ3v) is 7.02. The summed E-state index contributed by atoms with van der Waals surface area (Å²) in [7, 11) is 3.46. The molecule has 172 valence electrons. The first-order chi connectivity index (χ1) is 15.4. The average molecular weight is 480 g/mol. The molecular formula is C21H26ClN5O4S. The number of methoxy groups -OCH3 is 1. The van der Waals surface area contributed by atoms with Gasteiger partial charge >= 0.3 is 0 Å². The molecule has 4 rings (SSSR count). The highest BCUT2D eigenvalue weighted by Crippen LogP contribution is 2.40. The number of likely N-dealkylation sites (N-methyl/N-ethyl adjacent to an activating group) is 1. The highest BCUT2D eigenvalue weighted by Gasteiger charge is 2.41. The lowest BCUT2D eigenvalue weighted by Crippen LogP contribution is -2.36. The fraction of sp³-hybridized carbons (Fsp3) is 0.476. The van der Waals surface area contributed by atoms with Gasteiger partial charge in [-0.1, -0.05) is 23.7 Å². The van der Waals surface area contributed by atoms with E-state index in [0.29, 0.717) is 41.9 Å². The van der Waals surface area contributed by atoms with Gasteiger partial charge in [-0.15, -0.1) is 11.3 Å². The Bertz CT molecular complexity index is 1050. The van der Waals surface area contributed by atoms with Crippen molar-refractivity contribution in [1.29, 1.82) is 0 Å². The van der Waals surface area contributed by atoms with Crippen LogP contribution >= 0.6 is 22.9 Å². The predicted octanol–water partition coefficient (Wildman–Crippen LogP) is 2.00. The van der Waals surface area contributed by atoms with Crippen molar-refractivity contribution in [3.05, 3.63) is 29.4 Å². The SMILES string of the molecule is COCCN(C)c1nc(Cl)c(-c2nc3ccccc3s2)c(N[C@@H]2C[C@H](CO)[C@@H](O)[C@H]2O)n1. The minimum atomic E-state index is -1.06. The van der Waals surface area contributed by atoms with E-state index in [2.05, 4.69) is 15.3 Å². The number of hydrogen-bond acceptors (Lipinski definition) is 10. The average Bonchev–Trinajstić information content (AvgIpc) is 3.33. The van der Waals surface area contributed by atoms with Crippen LogP contribution in [0.2, 0.25) is 5.15 Å². The second-order valence-electron chi connectivity index (χ2n) is 7.85. The number of benzene rings is 1. The quantitative estimate of drug-likeness (QED) is 0.359. The van der Waals surface area contributed by atoms with Crippen molar-refractivity contribution in [2.24, 2.45) is 5.92 Å². The maximum atomic E-state index is 10.5. The van der Waals surface area contributed by atoms with Crippen LogP contribution in [-0.2, 0) is 4.74 Å². The number of hydrogen-bond donors (Lipinski definition) is 4. The van der Waals surface area contributed by atoms with E-state index in [1.54, 1.807) is 7.11 Å². The molecule has 4 N–H and O–H groups in total. The number of thiazole rings is 1. The zero-order chi connectivity index (χ0) is 22.8. The topological polar surface area (TPSA) is 124 Å². The molecule has 2 heterocycles. The number of aromatic nitrogens is 3. The summed E-state index contributed by atoms with van der Waals surface area (Å²) in [6.45, 7) is 0.840. The first-order valence-corrected chi connectivity index (χ1v) is 11.5. The number of aliphatic hydroxyl groups excluding tert-OH is 3. The first-order valence-electron chi connectivity index (χ1n) is 10.3. The van der Waals surface area contributed by atoms with E-state index < -0.39 is 24.2 Å². The number of anilines is 2. The molecule has 1 fully saturated rings. The summed E-state index contributed by atoms with van der Waals surface area (Å²) in [5, 5.41) is 34.4. The summed E-state index contributed by atoms with van der Waals surface area (Å²) in [5.41, 5.74) is 1.37. The van der Waals surface area contributed by atoms with Crippen molar-refractivity contribution in [1.82, 2.24) is 15.0 Å². The molecule has 1 saturated carbocycles. The summed E-state index contributed by atoms with van der Waals surface area (Å²) in [4.78, 5) is 15.7. The molecule has 0 unspecified atom stereocenters. The van der Waals surface area contributed by atoms with Crippen LogP contribution in [0.15, 0.2) is 24.3 Å². The Morgan fingerprint density at radius 1 is 1.22 bits per heavy atom. The van der Waals surface area contributed by atoms with Crippen molar-refractivity contribution in [3.63, 3.8) is 0 Å². The fourth-order valence-corrected chi connectivity index (χ4v) is 5.14. The molecule has 0 bridgehead atoms. The Morgan fingerprint density at radius 2 is 2.00 bits per heavy atom. The summed E-state index contributed by atoms with van der Waals surface area (Å²) in [6.07, 6.45) is -1.70. The molecule has 0 aliphatic heterocycles. The van der Waals surface area contributed by atoms with Crippen LogP contribution in [0.5, 0.6) is 0 Å². The smallest absolute Gasteiger partial charge is 0.228 e. The molecule has 3 aromatic rings. The van der Waals surface area contributed by atoms with Crippen molar-refractivity contribution >= 4 is 44.9 Å². The van der Waals surface area contributed by atoms with Gasteiger partial charge in [-0.3, -0.25) is 0 Å². The Hall–Kier alpha value is -2.08. The minimum absolute atomic E-state index is 0.212. The van der Waals surface area contributed by atoms with E-state index >= 15 is 0 Å². The Balaban J connectivity index is 1.76. The highest BCUT2D eigenvalue weighted by molar-refractivity contribution is 7.21. The van der Waals surface area contributed by atoms with Gasteiger partial charge in [0, 0.05) is 33.2 Å². The number of ether oxygens (including phenoxy) is 1. The second-order valence-corrected chi connectivity index (χ2v) is 9.24. The number of aliphatic hydroxyl groups is 3. The van der Waals surface area contributed by atoms with E-state index in [1.165, 1.54) is 11.3 Å². The number of fused-ring (bicyclic) bond motifs is 1. The molecule has 0 amide bonds. The summed E-state index contributed by atoms with van der Waals surface area (Å²) in [5.74, 6) is 0.388. The lowest BCUT2D eigenvalue weighted by Gasteiger charge is -2.23. The normalized spacial score (nSPS) is 23.1. The van der Waals surface area contributed by atoms with Crippen LogP contribution in [0.4, 0.5) is 11.8 Å². The van der Waals surface area contributed by atoms with Crippen LogP contribution in [0, 0.1) is 5.92 Å². The largest absolute Gasteiger partial charge is 0.396 e. The van der Waals surface area contributed by atoms with Gasteiger partial charge in [0.05, 0.1) is 34.5 Å². The molecule has 1 aromatic carbocycles. The maximum Gasteiger partial charge on any atom is 0.228 e. The van der Waals surface area contributed by atoms with Gasteiger partial charge in [-0.25, -0.2) is 9.97 Å². The summed E-state index contributed by atoms with van der Waals surface area (Å²) >= 11 is 8.12. The van der Waals surface area contributed by atoms with Gasteiger partial charge in [0.25, 0.3) is 0 Å². The molecule has 32 heavy (non-hydrogen) atoms.